The van der Waals surface area contributed by atoms with Crippen LogP contribution in [-0.4, -0.2) is 45.8 Å². The molecule has 144 valence electrons. The van der Waals surface area contributed by atoms with E-state index in [1.165, 1.54) is 0 Å². The summed E-state index contributed by atoms with van der Waals surface area (Å²) in [5, 5.41) is 0. The van der Waals surface area contributed by atoms with Crippen LogP contribution in [0.15, 0.2) is 48.5 Å². The van der Waals surface area contributed by atoms with Crippen LogP contribution in [0, 0.1) is 6.92 Å². The van der Waals surface area contributed by atoms with E-state index in [4.69, 9.17) is 0 Å². The van der Waals surface area contributed by atoms with E-state index in [2.05, 4.69) is 9.97 Å². The molecule has 0 bridgehead atoms. The third kappa shape index (κ3) is 3.63. The molecule has 28 heavy (non-hydrogen) atoms. The Morgan fingerprint density at radius 1 is 1.21 bits per heavy atom. The summed E-state index contributed by atoms with van der Waals surface area (Å²) in [6.07, 6.45) is 0.869. The Bertz CT molecular complexity index is 993. The Kier molecular flexibility index (Phi) is 4.86. The normalized spacial score (nSPS) is 17.4. The van der Waals surface area contributed by atoms with Gasteiger partial charge in [0.15, 0.2) is 0 Å². The molecule has 1 N–H and O–H groups in total. The highest BCUT2D eigenvalue weighted by Crippen LogP contribution is 2.22. The van der Waals surface area contributed by atoms with Crippen LogP contribution >= 0.6 is 0 Å². The van der Waals surface area contributed by atoms with Gasteiger partial charge in [0.25, 0.3) is 0 Å². The molecule has 1 aliphatic heterocycles. The SMILES string of the molecule is Cc1cccc(N2C[C@H](C)N(C(=O)CCc3nc4ccccc4[nH]3)CC2=O)c1. The van der Waals surface area contributed by atoms with Crippen LogP contribution in [0.4, 0.5) is 5.69 Å². The van der Waals surface area contributed by atoms with Crippen molar-refractivity contribution in [3.05, 3.63) is 59.9 Å². The minimum Gasteiger partial charge on any atom is -0.342 e. The van der Waals surface area contributed by atoms with Crippen LogP contribution in [0.3, 0.4) is 0 Å². The smallest absolute Gasteiger partial charge is 0.246 e. The van der Waals surface area contributed by atoms with E-state index in [0.717, 1.165) is 28.1 Å². The van der Waals surface area contributed by atoms with Crippen molar-refractivity contribution in [3.8, 4) is 0 Å². The molecule has 2 aromatic carbocycles. The van der Waals surface area contributed by atoms with E-state index in [1.807, 2.05) is 62.4 Å². The fourth-order valence-electron chi connectivity index (χ4n) is 3.72. The summed E-state index contributed by atoms with van der Waals surface area (Å²) in [4.78, 5) is 36.7. The standard InChI is InChI=1S/C22H24N4O2/c1-15-6-5-7-17(12-15)26-13-16(2)25(14-22(26)28)21(27)11-10-20-23-18-8-3-4-9-19(18)24-20/h3-9,12,16H,10-11,13-14H2,1-2H3,(H,23,24)/t16-/m0/s1. The first-order valence-corrected chi connectivity index (χ1v) is 9.61. The molecule has 1 aliphatic rings. The van der Waals surface area contributed by atoms with Crippen molar-refractivity contribution in [2.45, 2.75) is 32.7 Å². The summed E-state index contributed by atoms with van der Waals surface area (Å²) < 4.78 is 0. The predicted octanol–water partition coefficient (Wildman–Crippen LogP) is 3.07. The van der Waals surface area contributed by atoms with E-state index < -0.39 is 0 Å². The zero-order valence-electron chi connectivity index (χ0n) is 16.2. The quantitative estimate of drug-likeness (QED) is 0.761. The van der Waals surface area contributed by atoms with E-state index in [0.29, 0.717) is 19.4 Å². The molecule has 0 spiro atoms. The number of imidazole rings is 1. The van der Waals surface area contributed by atoms with Crippen molar-refractivity contribution in [3.63, 3.8) is 0 Å². The zero-order valence-corrected chi connectivity index (χ0v) is 16.2. The molecule has 2 amide bonds. The van der Waals surface area contributed by atoms with Crippen LogP contribution in [0.5, 0.6) is 0 Å². The van der Waals surface area contributed by atoms with Crippen LogP contribution in [-0.2, 0) is 16.0 Å². The lowest BCUT2D eigenvalue weighted by molar-refractivity contribution is -0.139. The summed E-state index contributed by atoms with van der Waals surface area (Å²) in [6, 6.07) is 15.7. The first-order valence-electron chi connectivity index (χ1n) is 9.61. The van der Waals surface area contributed by atoms with Crippen molar-refractivity contribution >= 4 is 28.5 Å². The molecule has 2 heterocycles. The largest absolute Gasteiger partial charge is 0.342 e. The number of para-hydroxylation sites is 2. The van der Waals surface area contributed by atoms with Gasteiger partial charge >= 0.3 is 0 Å². The van der Waals surface area contributed by atoms with E-state index in [-0.39, 0.29) is 24.4 Å². The van der Waals surface area contributed by atoms with Gasteiger partial charge in [-0.15, -0.1) is 0 Å². The maximum atomic E-state index is 12.8. The van der Waals surface area contributed by atoms with E-state index in [9.17, 15) is 9.59 Å². The van der Waals surface area contributed by atoms with Gasteiger partial charge in [-0.3, -0.25) is 9.59 Å². The maximum Gasteiger partial charge on any atom is 0.246 e. The molecule has 0 unspecified atom stereocenters. The topological polar surface area (TPSA) is 69.3 Å². The second-order valence-electron chi connectivity index (χ2n) is 7.41. The van der Waals surface area contributed by atoms with Gasteiger partial charge in [0, 0.05) is 31.1 Å². The Balaban J connectivity index is 1.40. The number of carbonyl (C=O) groups excluding carboxylic acids is 2. The van der Waals surface area contributed by atoms with Crippen LogP contribution in [0.1, 0.15) is 24.7 Å². The number of aromatic nitrogens is 2. The van der Waals surface area contributed by atoms with Gasteiger partial charge < -0.3 is 14.8 Å². The number of benzene rings is 2. The molecule has 0 radical (unpaired) electrons. The van der Waals surface area contributed by atoms with Gasteiger partial charge in [0.2, 0.25) is 11.8 Å². The average Bonchev–Trinajstić information content (AvgIpc) is 3.10. The minimum absolute atomic E-state index is 0.00908. The number of nitrogens with zero attached hydrogens (tertiary/aromatic N) is 3. The maximum absolute atomic E-state index is 12.8. The summed E-state index contributed by atoms with van der Waals surface area (Å²) in [6.45, 7) is 4.64. The second kappa shape index (κ2) is 7.46. The average molecular weight is 376 g/mol. The Morgan fingerprint density at radius 3 is 2.82 bits per heavy atom. The van der Waals surface area contributed by atoms with Crippen LogP contribution in [0.25, 0.3) is 11.0 Å². The molecule has 3 aromatic rings. The number of rotatable bonds is 4. The minimum atomic E-state index is -0.0409. The van der Waals surface area contributed by atoms with Gasteiger partial charge in [-0.25, -0.2) is 4.98 Å². The Hall–Kier alpha value is -3.15. The molecule has 1 aromatic heterocycles. The Morgan fingerprint density at radius 2 is 2.04 bits per heavy atom. The molecule has 1 saturated heterocycles. The third-order valence-corrected chi connectivity index (χ3v) is 5.23. The van der Waals surface area contributed by atoms with Gasteiger partial charge in [0.1, 0.15) is 12.4 Å². The first-order chi connectivity index (χ1) is 13.5. The predicted molar refractivity (Wildman–Crippen MR) is 109 cm³/mol. The number of carbonyl (C=O) groups is 2. The first kappa shape index (κ1) is 18.2. The highest BCUT2D eigenvalue weighted by Gasteiger charge is 2.33. The lowest BCUT2D eigenvalue weighted by Gasteiger charge is -2.39. The number of aromatic amines is 1. The molecule has 0 saturated carbocycles. The fourth-order valence-corrected chi connectivity index (χ4v) is 3.72. The molecular formula is C22H24N4O2. The number of H-pyrrole nitrogens is 1. The molecule has 4 rings (SSSR count). The van der Waals surface area contributed by atoms with E-state index in [1.54, 1.807) is 9.80 Å². The Labute approximate surface area is 164 Å². The highest BCUT2D eigenvalue weighted by molar-refractivity contribution is 5.98. The van der Waals surface area contributed by atoms with Crippen LogP contribution in [0.2, 0.25) is 0 Å². The number of anilines is 1. The van der Waals surface area contributed by atoms with Crippen molar-refractivity contribution in [1.82, 2.24) is 14.9 Å². The highest BCUT2D eigenvalue weighted by atomic mass is 16.2. The van der Waals surface area contributed by atoms with Gasteiger partial charge in [-0.05, 0) is 43.7 Å². The third-order valence-electron chi connectivity index (χ3n) is 5.23. The van der Waals surface area contributed by atoms with Crippen LogP contribution < -0.4 is 4.90 Å². The molecule has 1 fully saturated rings. The molecule has 6 heteroatoms. The summed E-state index contributed by atoms with van der Waals surface area (Å²) >= 11 is 0. The van der Waals surface area contributed by atoms with Crippen molar-refractivity contribution < 1.29 is 9.59 Å². The van der Waals surface area contributed by atoms with Crippen molar-refractivity contribution in [1.29, 1.82) is 0 Å². The lowest BCUT2D eigenvalue weighted by atomic mass is 10.1. The summed E-state index contributed by atoms with van der Waals surface area (Å²) in [7, 11) is 0. The van der Waals surface area contributed by atoms with Gasteiger partial charge in [-0.2, -0.15) is 0 Å². The van der Waals surface area contributed by atoms with Crippen molar-refractivity contribution in [2.24, 2.45) is 0 Å². The number of hydrogen-bond acceptors (Lipinski definition) is 3. The van der Waals surface area contributed by atoms with Gasteiger partial charge in [0.05, 0.1) is 11.0 Å². The van der Waals surface area contributed by atoms with E-state index >= 15 is 0 Å². The number of hydrogen-bond donors (Lipinski definition) is 1. The fraction of sp³-hybridized carbons (Fsp3) is 0.318. The molecular weight excluding hydrogens is 352 g/mol. The molecule has 1 atom stereocenters. The second-order valence-corrected chi connectivity index (χ2v) is 7.41. The number of fused-ring (bicyclic) bond motifs is 1. The number of piperazine rings is 1. The van der Waals surface area contributed by atoms with Crippen molar-refractivity contribution in [2.75, 3.05) is 18.0 Å². The zero-order chi connectivity index (χ0) is 19.7. The number of nitrogens with one attached hydrogen (secondary N) is 1. The van der Waals surface area contributed by atoms with Gasteiger partial charge in [-0.1, -0.05) is 24.3 Å². The monoisotopic (exact) mass is 376 g/mol. The molecule has 0 aliphatic carbocycles. The number of amides is 2. The molecule has 6 nitrogen and oxygen atoms in total. The number of aryl methyl sites for hydroxylation is 2. The summed E-state index contributed by atoms with van der Waals surface area (Å²) in [5.41, 5.74) is 3.88. The lowest BCUT2D eigenvalue weighted by Crippen LogP contribution is -2.57. The summed E-state index contributed by atoms with van der Waals surface area (Å²) in [5.74, 6) is 0.748.